The Morgan fingerprint density at radius 2 is 1.47 bits per heavy atom. The average Bonchev–Trinajstić information content (AvgIpc) is 3.52. The highest BCUT2D eigenvalue weighted by atomic mass is 19.4. The number of unbranched alkanes of at least 4 members (excludes halogenated alkanes) is 1. The van der Waals surface area contributed by atoms with Gasteiger partial charge in [-0.05, 0) is 59.5 Å². The summed E-state index contributed by atoms with van der Waals surface area (Å²) < 4.78 is 87.8. The van der Waals surface area contributed by atoms with E-state index in [1.165, 1.54) is 6.92 Å². The summed E-state index contributed by atoms with van der Waals surface area (Å²) in [6.07, 6.45) is -9.99. The van der Waals surface area contributed by atoms with Crippen LogP contribution in [0.3, 0.4) is 0 Å². The molecule has 3 atom stereocenters. The Labute approximate surface area is 320 Å². The van der Waals surface area contributed by atoms with E-state index in [-0.39, 0.29) is 25.6 Å². The topological polar surface area (TPSA) is 261 Å². The molecule has 0 saturated heterocycles. The van der Waals surface area contributed by atoms with Gasteiger partial charge in [-0.25, -0.2) is 4.79 Å². The third-order valence-corrected chi connectivity index (χ3v) is 8.82. The van der Waals surface area contributed by atoms with E-state index in [0.717, 1.165) is 6.07 Å². The number of alkyl halides is 6. The van der Waals surface area contributed by atoms with Crippen LogP contribution in [0.2, 0.25) is 0 Å². The number of carboxylic acid groups (broad SMARTS) is 2. The number of halogens is 6. The maximum Gasteiger partial charge on any atom is 0.491 e. The summed E-state index contributed by atoms with van der Waals surface area (Å²) in [5.41, 5.74) is -6.69. The standard InChI is InChI=1S/C33H37B2F6N4O12/c1-15(30(51)52)4-2-3-7-42-26(47)6-5-24(31(53)54)44-29(50)25(45-28(49)16-8-20(32(36,37)38)18(13-46)22(10-16)34-55)12-43-27(48)17-9-21(33(39,40)41)19-14-57-35(56)23(19)11-17/h8-11,15,24-25,46,55-56H,2-7,12-14H2,1H3,(H,42,47)(H,43,48)(H,44,50)(H,45,49)(H,51,52)(H,53,54)/t15-,24-,25-/m0/s1. The van der Waals surface area contributed by atoms with Crippen molar-refractivity contribution in [2.45, 2.75) is 76.7 Å². The molecule has 57 heavy (non-hydrogen) atoms. The molecule has 0 spiro atoms. The minimum absolute atomic E-state index is 0.120. The quantitative estimate of drug-likeness (QED) is 0.0497. The second kappa shape index (κ2) is 19.8. The summed E-state index contributed by atoms with van der Waals surface area (Å²) in [5, 5.41) is 56.4. The van der Waals surface area contributed by atoms with Gasteiger partial charge in [-0.1, -0.05) is 19.4 Å². The largest absolute Gasteiger partial charge is 0.491 e. The van der Waals surface area contributed by atoms with Crippen LogP contribution < -0.4 is 32.2 Å². The monoisotopic (exact) mass is 817 g/mol. The Balaban J connectivity index is 1.85. The zero-order valence-corrected chi connectivity index (χ0v) is 29.9. The third-order valence-electron chi connectivity index (χ3n) is 8.82. The van der Waals surface area contributed by atoms with E-state index in [9.17, 15) is 75.4 Å². The summed E-state index contributed by atoms with van der Waals surface area (Å²) in [5.74, 6) is -8.05. The highest BCUT2D eigenvalue weighted by Gasteiger charge is 2.41. The molecular weight excluding hydrogens is 780 g/mol. The normalized spacial score (nSPS) is 14.2. The molecule has 1 heterocycles. The number of rotatable bonds is 19. The SMILES string of the molecule is C[C@@H](CCCCNC(=O)CC[C@H](NC(=O)[C@H](CNC(=O)c1cc2c(c(C(F)(F)F)c1)COB2O)NC(=O)c1cc([B]O)c(CO)c(C(F)(F)F)c1)C(=O)O)C(=O)O. The predicted octanol–water partition coefficient (Wildman–Crippen LogP) is -0.444. The van der Waals surface area contributed by atoms with Crippen LogP contribution in [0.4, 0.5) is 26.3 Å². The van der Waals surface area contributed by atoms with Crippen LogP contribution in [-0.2, 0) is 49.4 Å². The molecule has 2 aromatic carbocycles. The number of nitrogens with one attached hydrogen (secondary N) is 4. The van der Waals surface area contributed by atoms with Gasteiger partial charge in [0.2, 0.25) is 11.8 Å². The molecule has 0 fully saturated rings. The number of amides is 4. The fraction of sp³-hybridized carbons (Fsp3) is 0.455. The van der Waals surface area contributed by atoms with E-state index < -0.39 is 144 Å². The number of aliphatic hydroxyl groups is 1. The Kier molecular flexibility index (Phi) is 16.0. The zero-order valence-electron chi connectivity index (χ0n) is 29.9. The number of aliphatic hydroxyl groups excluding tert-OH is 1. The third kappa shape index (κ3) is 12.7. The van der Waals surface area contributed by atoms with Gasteiger partial charge in [-0.15, -0.1) is 0 Å². The van der Waals surface area contributed by atoms with Gasteiger partial charge in [0, 0.05) is 30.6 Å². The minimum Gasteiger partial charge on any atom is -0.481 e. The molecule has 9 N–H and O–H groups in total. The Morgan fingerprint density at radius 3 is 2.05 bits per heavy atom. The van der Waals surface area contributed by atoms with Crippen LogP contribution in [0.25, 0.3) is 0 Å². The van der Waals surface area contributed by atoms with Gasteiger partial charge in [0.05, 0.1) is 30.3 Å². The van der Waals surface area contributed by atoms with Gasteiger partial charge in [0.1, 0.15) is 12.1 Å². The lowest BCUT2D eigenvalue weighted by Gasteiger charge is -2.23. The first-order chi connectivity index (χ1) is 26.6. The molecule has 0 aliphatic carbocycles. The lowest BCUT2D eigenvalue weighted by atomic mass is 9.77. The van der Waals surface area contributed by atoms with Crippen molar-refractivity contribution in [3.63, 3.8) is 0 Å². The summed E-state index contributed by atoms with van der Waals surface area (Å²) in [6, 6.07) is -1.58. The fourth-order valence-electron chi connectivity index (χ4n) is 5.65. The summed E-state index contributed by atoms with van der Waals surface area (Å²) in [6.45, 7) is -1.23. The number of carbonyl (C=O) groups excluding carboxylic acids is 4. The van der Waals surface area contributed by atoms with E-state index in [2.05, 4.69) is 10.6 Å². The van der Waals surface area contributed by atoms with Crippen molar-refractivity contribution in [2.24, 2.45) is 5.92 Å². The smallest absolute Gasteiger partial charge is 0.481 e. The molecule has 0 unspecified atom stereocenters. The van der Waals surface area contributed by atoms with Gasteiger partial charge in [0.25, 0.3) is 11.8 Å². The van der Waals surface area contributed by atoms with Crippen LogP contribution in [-0.4, -0.2) is 101 Å². The second-order valence-corrected chi connectivity index (χ2v) is 12.9. The Bertz CT molecular complexity index is 1850. The molecule has 1 aliphatic heterocycles. The van der Waals surface area contributed by atoms with Crippen LogP contribution in [0.15, 0.2) is 24.3 Å². The number of hydrogen-bond donors (Lipinski definition) is 9. The molecule has 1 radical (unpaired) electrons. The summed E-state index contributed by atoms with van der Waals surface area (Å²) in [4.78, 5) is 75.2. The van der Waals surface area contributed by atoms with Crippen LogP contribution in [0, 0.1) is 5.92 Å². The van der Waals surface area contributed by atoms with Crippen molar-refractivity contribution in [3.05, 3.63) is 57.6 Å². The van der Waals surface area contributed by atoms with E-state index in [4.69, 9.17) is 9.76 Å². The molecule has 2 aromatic rings. The predicted molar refractivity (Wildman–Crippen MR) is 185 cm³/mol. The first-order valence-electron chi connectivity index (χ1n) is 17.1. The zero-order chi connectivity index (χ0) is 42.8. The highest BCUT2D eigenvalue weighted by Crippen LogP contribution is 2.34. The molecule has 24 heteroatoms. The van der Waals surface area contributed by atoms with Gasteiger partial charge < -0.3 is 51.3 Å². The lowest BCUT2D eigenvalue weighted by Crippen LogP contribution is -2.56. The first kappa shape index (κ1) is 46.2. The molecule has 0 saturated carbocycles. The molecule has 0 bridgehead atoms. The molecule has 1 aliphatic rings. The van der Waals surface area contributed by atoms with Gasteiger partial charge in [-0.3, -0.25) is 24.0 Å². The number of benzene rings is 2. The van der Waals surface area contributed by atoms with Gasteiger partial charge in [-0.2, -0.15) is 26.3 Å². The number of fused-ring (bicyclic) bond motifs is 1. The lowest BCUT2D eigenvalue weighted by molar-refractivity contribution is -0.142. The van der Waals surface area contributed by atoms with E-state index >= 15 is 0 Å². The van der Waals surface area contributed by atoms with Crippen molar-refractivity contribution < 1.29 is 85.1 Å². The first-order valence-corrected chi connectivity index (χ1v) is 17.1. The summed E-state index contributed by atoms with van der Waals surface area (Å²) in [7, 11) is -1.65. The van der Waals surface area contributed by atoms with Crippen LogP contribution in [0.1, 0.15) is 82.0 Å². The number of carboxylic acids is 2. The number of carbonyl (C=O) groups is 6. The van der Waals surface area contributed by atoms with Gasteiger partial charge in [0.15, 0.2) is 0 Å². The second-order valence-electron chi connectivity index (χ2n) is 12.9. The molecular formula is C33H37B2F6N4O12. The maximum absolute atomic E-state index is 13.8. The maximum atomic E-state index is 13.8. The van der Waals surface area contributed by atoms with Crippen molar-refractivity contribution >= 4 is 61.1 Å². The molecule has 0 aromatic heterocycles. The number of hydrogen-bond acceptors (Lipinski definition) is 10. The molecule has 3 rings (SSSR count). The Morgan fingerprint density at radius 1 is 0.842 bits per heavy atom. The van der Waals surface area contributed by atoms with Crippen molar-refractivity contribution in [2.75, 3.05) is 13.1 Å². The van der Waals surface area contributed by atoms with E-state index in [0.29, 0.717) is 31.4 Å². The molecule has 4 amide bonds. The molecule has 309 valence electrons. The Hall–Kier alpha value is -5.19. The van der Waals surface area contributed by atoms with Crippen molar-refractivity contribution in [1.82, 2.24) is 21.3 Å². The molecule has 16 nitrogen and oxygen atoms in total. The minimum atomic E-state index is -5.17. The van der Waals surface area contributed by atoms with Crippen LogP contribution >= 0.6 is 0 Å². The highest BCUT2D eigenvalue weighted by molar-refractivity contribution is 6.61. The number of aliphatic carboxylic acids is 2. The average molecular weight is 817 g/mol. The van der Waals surface area contributed by atoms with E-state index in [1.54, 1.807) is 0 Å². The van der Waals surface area contributed by atoms with E-state index in [1.807, 2.05) is 10.6 Å². The van der Waals surface area contributed by atoms with Crippen molar-refractivity contribution in [3.8, 4) is 0 Å². The van der Waals surface area contributed by atoms with Crippen LogP contribution in [0.5, 0.6) is 0 Å². The fourth-order valence-corrected chi connectivity index (χ4v) is 5.65. The summed E-state index contributed by atoms with van der Waals surface area (Å²) >= 11 is 0. The van der Waals surface area contributed by atoms with Crippen molar-refractivity contribution in [1.29, 1.82) is 0 Å². The van der Waals surface area contributed by atoms with Gasteiger partial charge >= 0.3 is 38.9 Å².